The number of aromatic nitrogens is 3. The molecule has 1 aromatic heterocycles. The lowest BCUT2D eigenvalue weighted by Crippen LogP contribution is -2.26. The van der Waals surface area contributed by atoms with Gasteiger partial charge in [0, 0.05) is 13.0 Å². The normalized spacial score (nSPS) is 18.1. The van der Waals surface area contributed by atoms with Crippen LogP contribution in [0, 0.1) is 5.92 Å². The Hall–Kier alpha value is -2.21. The van der Waals surface area contributed by atoms with Crippen LogP contribution >= 0.6 is 0 Å². The van der Waals surface area contributed by atoms with Gasteiger partial charge in [-0.25, -0.2) is 9.67 Å². The molecule has 1 unspecified atom stereocenters. The lowest BCUT2D eigenvalue weighted by Gasteiger charge is -2.14. The minimum Gasteiger partial charge on any atom is -0.352 e. The van der Waals surface area contributed by atoms with Gasteiger partial charge in [-0.1, -0.05) is 24.3 Å². The molecule has 1 saturated heterocycles. The third kappa shape index (κ3) is 4.89. The van der Waals surface area contributed by atoms with Crippen molar-refractivity contribution in [2.45, 2.75) is 38.8 Å². The van der Waals surface area contributed by atoms with E-state index in [4.69, 9.17) is 0 Å². The maximum Gasteiger partial charge on any atom is 0.220 e. The Morgan fingerprint density at radius 3 is 2.96 bits per heavy atom. The monoisotopic (exact) mass is 327 g/mol. The highest BCUT2D eigenvalue weighted by Gasteiger charge is 2.16. The molecule has 128 valence electrons. The second kappa shape index (κ2) is 8.59. The molecule has 1 amide bonds. The zero-order chi connectivity index (χ0) is 16.6. The van der Waals surface area contributed by atoms with Gasteiger partial charge in [-0.05, 0) is 49.4 Å². The van der Waals surface area contributed by atoms with E-state index in [9.17, 15) is 4.79 Å². The van der Waals surface area contributed by atoms with E-state index in [-0.39, 0.29) is 5.91 Å². The Bertz CT molecular complexity index is 633. The second-order valence-corrected chi connectivity index (χ2v) is 6.39. The van der Waals surface area contributed by atoms with E-state index in [0.717, 1.165) is 37.1 Å². The van der Waals surface area contributed by atoms with E-state index in [2.05, 4.69) is 32.8 Å². The number of hydrogen-bond donors (Lipinski definition) is 2. The van der Waals surface area contributed by atoms with Gasteiger partial charge in [0.2, 0.25) is 5.91 Å². The van der Waals surface area contributed by atoms with E-state index in [1.54, 1.807) is 11.0 Å². The van der Waals surface area contributed by atoms with Crippen molar-refractivity contribution < 1.29 is 4.79 Å². The molecule has 6 heteroatoms. The predicted octanol–water partition coefficient (Wildman–Crippen LogP) is 1.72. The van der Waals surface area contributed by atoms with Gasteiger partial charge in [0.05, 0.1) is 6.54 Å². The molecule has 2 N–H and O–H groups in total. The number of amides is 1. The summed E-state index contributed by atoms with van der Waals surface area (Å²) in [7, 11) is 0. The summed E-state index contributed by atoms with van der Waals surface area (Å²) in [6, 6.07) is 8.14. The molecule has 1 fully saturated rings. The fourth-order valence-electron chi connectivity index (χ4n) is 3.20. The van der Waals surface area contributed by atoms with Crippen LogP contribution in [0.25, 0.3) is 0 Å². The zero-order valence-electron chi connectivity index (χ0n) is 13.9. The van der Waals surface area contributed by atoms with Crippen LogP contribution in [0.1, 0.15) is 36.8 Å². The molecule has 0 spiro atoms. The molecule has 1 aliphatic heterocycles. The lowest BCUT2D eigenvalue weighted by atomic mass is 9.96. The summed E-state index contributed by atoms with van der Waals surface area (Å²) < 4.78 is 1.79. The van der Waals surface area contributed by atoms with Crippen molar-refractivity contribution in [2.75, 3.05) is 13.1 Å². The van der Waals surface area contributed by atoms with Gasteiger partial charge >= 0.3 is 0 Å². The number of carbonyl (C=O) groups excluding carboxylic acids is 1. The minimum atomic E-state index is 0.150. The average molecular weight is 327 g/mol. The van der Waals surface area contributed by atoms with Crippen LogP contribution in [0.15, 0.2) is 36.9 Å². The molecular formula is C18H25N5O. The fourth-order valence-corrected chi connectivity index (χ4v) is 3.20. The first-order chi connectivity index (χ1) is 11.8. The van der Waals surface area contributed by atoms with Crippen molar-refractivity contribution >= 4 is 5.91 Å². The molecule has 2 aromatic rings. The summed E-state index contributed by atoms with van der Waals surface area (Å²) in [5.74, 6) is 0.655. The van der Waals surface area contributed by atoms with Crippen LogP contribution in [-0.2, 0) is 17.9 Å². The number of nitrogens with one attached hydrogen (secondary N) is 2. The number of rotatable bonds is 6. The number of benzene rings is 1. The van der Waals surface area contributed by atoms with Crippen molar-refractivity contribution in [3.63, 3.8) is 0 Å². The molecule has 2 heterocycles. The second-order valence-electron chi connectivity index (χ2n) is 6.39. The molecule has 0 bridgehead atoms. The average Bonchev–Trinajstić information content (AvgIpc) is 2.97. The molecule has 0 saturated carbocycles. The highest BCUT2D eigenvalue weighted by atomic mass is 16.1. The Morgan fingerprint density at radius 1 is 1.25 bits per heavy atom. The molecule has 1 atom stereocenters. The molecule has 0 aliphatic carbocycles. The highest BCUT2D eigenvalue weighted by molar-refractivity contribution is 5.76. The molecule has 1 aliphatic rings. The molecule has 6 nitrogen and oxygen atoms in total. The van der Waals surface area contributed by atoms with E-state index < -0.39 is 0 Å². The van der Waals surface area contributed by atoms with Crippen LogP contribution in [0.5, 0.6) is 0 Å². The third-order valence-corrected chi connectivity index (χ3v) is 4.56. The standard InChI is InChI=1S/C18H25N5O/c24-18(10-15-4-3-8-19-9-7-15)21-11-16-5-1-2-6-17(16)12-23-14-20-13-22-23/h1-2,5-6,13-15,19H,3-4,7-12H2,(H,21,24). The Balaban J connectivity index is 1.53. The first-order valence-corrected chi connectivity index (χ1v) is 8.68. The summed E-state index contributed by atoms with van der Waals surface area (Å²) in [6.07, 6.45) is 7.27. The Kier molecular flexibility index (Phi) is 5.96. The molecule has 24 heavy (non-hydrogen) atoms. The maximum atomic E-state index is 12.3. The van der Waals surface area contributed by atoms with Gasteiger partial charge in [-0.15, -0.1) is 0 Å². The van der Waals surface area contributed by atoms with Gasteiger partial charge in [-0.3, -0.25) is 4.79 Å². The summed E-state index contributed by atoms with van der Waals surface area (Å²) in [6.45, 7) is 3.33. The number of hydrogen-bond acceptors (Lipinski definition) is 4. The SMILES string of the molecule is O=C(CC1CCCNCC1)NCc1ccccc1Cn1cncn1. The quantitative estimate of drug-likeness (QED) is 0.847. The maximum absolute atomic E-state index is 12.3. The predicted molar refractivity (Wildman–Crippen MR) is 92.2 cm³/mol. The molecule has 1 aromatic carbocycles. The first kappa shape index (κ1) is 16.6. The summed E-state index contributed by atoms with van der Waals surface area (Å²) in [5, 5.41) is 10.6. The van der Waals surface area contributed by atoms with E-state index in [1.807, 2.05) is 12.1 Å². The lowest BCUT2D eigenvalue weighted by molar-refractivity contribution is -0.122. The summed E-state index contributed by atoms with van der Waals surface area (Å²) in [5.41, 5.74) is 2.28. The minimum absolute atomic E-state index is 0.150. The summed E-state index contributed by atoms with van der Waals surface area (Å²) >= 11 is 0. The first-order valence-electron chi connectivity index (χ1n) is 8.68. The largest absolute Gasteiger partial charge is 0.352 e. The number of nitrogens with zero attached hydrogens (tertiary/aromatic N) is 3. The van der Waals surface area contributed by atoms with Gasteiger partial charge < -0.3 is 10.6 Å². The molecular weight excluding hydrogens is 302 g/mol. The molecule has 3 rings (SSSR count). The van der Waals surface area contributed by atoms with Crippen molar-refractivity contribution in [3.8, 4) is 0 Å². The van der Waals surface area contributed by atoms with Gasteiger partial charge in [0.15, 0.2) is 0 Å². The molecule has 0 radical (unpaired) electrons. The third-order valence-electron chi connectivity index (χ3n) is 4.56. The van der Waals surface area contributed by atoms with Crippen LogP contribution < -0.4 is 10.6 Å². The smallest absolute Gasteiger partial charge is 0.220 e. The van der Waals surface area contributed by atoms with Crippen LogP contribution in [0.2, 0.25) is 0 Å². The van der Waals surface area contributed by atoms with Crippen molar-refractivity contribution in [1.29, 1.82) is 0 Å². The Morgan fingerprint density at radius 2 is 2.12 bits per heavy atom. The van der Waals surface area contributed by atoms with E-state index >= 15 is 0 Å². The van der Waals surface area contributed by atoms with E-state index in [0.29, 0.717) is 25.4 Å². The van der Waals surface area contributed by atoms with E-state index in [1.165, 1.54) is 12.7 Å². The van der Waals surface area contributed by atoms with Gasteiger partial charge in [0.1, 0.15) is 12.7 Å². The zero-order valence-corrected chi connectivity index (χ0v) is 13.9. The van der Waals surface area contributed by atoms with Gasteiger partial charge in [-0.2, -0.15) is 5.10 Å². The van der Waals surface area contributed by atoms with Crippen LogP contribution in [0.4, 0.5) is 0 Å². The van der Waals surface area contributed by atoms with Crippen molar-refractivity contribution in [3.05, 3.63) is 48.0 Å². The highest BCUT2D eigenvalue weighted by Crippen LogP contribution is 2.17. The fraction of sp³-hybridized carbons (Fsp3) is 0.500. The van der Waals surface area contributed by atoms with Crippen molar-refractivity contribution in [1.82, 2.24) is 25.4 Å². The van der Waals surface area contributed by atoms with Crippen molar-refractivity contribution in [2.24, 2.45) is 5.92 Å². The van der Waals surface area contributed by atoms with Crippen LogP contribution in [-0.4, -0.2) is 33.8 Å². The van der Waals surface area contributed by atoms with Crippen LogP contribution in [0.3, 0.4) is 0 Å². The Labute approximate surface area is 142 Å². The number of carbonyl (C=O) groups is 1. The summed E-state index contributed by atoms with van der Waals surface area (Å²) in [4.78, 5) is 16.2. The van der Waals surface area contributed by atoms with Gasteiger partial charge in [0.25, 0.3) is 0 Å². The topological polar surface area (TPSA) is 71.8 Å².